The second kappa shape index (κ2) is 6.25. The summed E-state index contributed by atoms with van der Waals surface area (Å²) >= 11 is 0. The second-order valence-electron chi connectivity index (χ2n) is 4.95. The van der Waals surface area contributed by atoms with E-state index in [1.807, 2.05) is 0 Å². The fourth-order valence-electron chi connectivity index (χ4n) is 2.41. The Hall–Kier alpha value is -1.00. The lowest BCUT2D eigenvalue weighted by molar-refractivity contribution is 0.101. The van der Waals surface area contributed by atoms with Crippen molar-refractivity contribution >= 4 is 0 Å². The molecule has 0 spiro atoms. The minimum atomic E-state index is -0.545. The van der Waals surface area contributed by atoms with Gasteiger partial charge in [0.15, 0.2) is 0 Å². The number of rotatable bonds is 5. The average Bonchev–Trinajstić information content (AvgIpc) is 2.77. The van der Waals surface area contributed by atoms with E-state index in [1.54, 1.807) is 0 Å². The van der Waals surface area contributed by atoms with E-state index in [9.17, 15) is 8.78 Å². The van der Waals surface area contributed by atoms with Crippen LogP contribution >= 0.6 is 0 Å². The van der Waals surface area contributed by atoms with Gasteiger partial charge in [-0.3, -0.25) is 0 Å². The number of hydrogen-bond acceptors (Lipinski definition) is 2. The molecule has 1 aromatic rings. The van der Waals surface area contributed by atoms with Gasteiger partial charge < -0.3 is 10.5 Å². The molecule has 0 aromatic heterocycles. The van der Waals surface area contributed by atoms with Crippen molar-refractivity contribution in [2.75, 3.05) is 6.61 Å². The van der Waals surface area contributed by atoms with Crippen molar-refractivity contribution in [2.24, 2.45) is 5.73 Å². The molecular formula is C14H19F2NO. The SMILES string of the molecule is NC(CCC1CCCO1)Cc1cc(F)cc(F)c1. The Bertz CT molecular complexity index is 371. The first-order valence-electron chi connectivity index (χ1n) is 6.45. The van der Waals surface area contributed by atoms with Gasteiger partial charge in [0.2, 0.25) is 0 Å². The molecule has 1 aliphatic heterocycles. The Labute approximate surface area is 106 Å². The zero-order valence-electron chi connectivity index (χ0n) is 10.4. The molecule has 1 heterocycles. The zero-order chi connectivity index (χ0) is 13.0. The van der Waals surface area contributed by atoms with Crippen LogP contribution in [0.15, 0.2) is 18.2 Å². The highest BCUT2D eigenvalue weighted by molar-refractivity contribution is 5.18. The van der Waals surface area contributed by atoms with E-state index < -0.39 is 11.6 Å². The molecule has 1 saturated heterocycles. The van der Waals surface area contributed by atoms with Crippen LogP contribution in [0, 0.1) is 11.6 Å². The highest BCUT2D eigenvalue weighted by atomic mass is 19.1. The summed E-state index contributed by atoms with van der Waals surface area (Å²) in [6, 6.07) is 3.49. The molecule has 2 unspecified atom stereocenters. The first-order chi connectivity index (χ1) is 8.63. The predicted octanol–water partition coefficient (Wildman–Crippen LogP) is 2.79. The summed E-state index contributed by atoms with van der Waals surface area (Å²) in [6.45, 7) is 0.842. The lowest BCUT2D eigenvalue weighted by atomic mass is 10.00. The predicted molar refractivity (Wildman–Crippen MR) is 66.2 cm³/mol. The molecule has 0 aliphatic carbocycles. The molecule has 1 fully saturated rings. The van der Waals surface area contributed by atoms with Crippen molar-refractivity contribution in [3.05, 3.63) is 35.4 Å². The number of nitrogens with two attached hydrogens (primary N) is 1. The van der Waals surface area contributed by atoms with Gasteiger partial charge in [0, 0.05) is 18.7 Å². The van der Waals surface area contributed by atoms with Gasteiger partial charge in [-0.2, -0.15) is 0 Å². The summed E-state index contributed by atoms with van der Waals surface area (Å²) in [6.07, 6.45) is 4.79. The van der Waals surface area contributed by atoms with Gasteiger partial charge in [0.1, 0.15) is 11.6 Å². The maximum atomic E-state index is 13.0. The minimum Gasteiger partial charge on any atom is -0.378 e. The maximum Gasteiger partial charge on any atom is 0.126 e. The third-order valence-corrected chi connectivity index (χ3v) is 3.30. The number of halogens is 2. The van der Waals surface area contributed by atoms with Crippen molar-refractivity contribution in [2.45, 2.75) is 44.2 Å². The first-order valence-corrected chi connectivity index (χ1v) is 6.45. The van der Waals surface area contributed by atoms with Crippen molar-refractivity contribution in [1.82, 2.24) is 0 Å². The van der Waals surface area contributed by atoms with E-state index in [0.717, 1.165) is 38.4 Å². The lowest BCUT2D eigenvalue weighted by Crippen LogP contribution is -2.24. The second-order valence-corrected chi connectivity index (χ2v) is 4.95. The smallest absolute Gasteiger partial charge is 0.126 e. The van der Waals surface area contributed by atoms with Gasteiger partial charge >= 0.3 is 0 Å². The summed E-state index contributed by atoms with van der Waals surface area (Å²) in [5, 5.41) is 0. The van der Waals surface area contributed by atoms with Crippen LogP contribution in [0.2, 0.25) is 0 Å². The molecule has 2 nitrogen and oxygen atoms in total. The third-order valence-electron chi connectivity index (χ3n) is 3.30. The first kappa shape index (κ1) is 13.4. The molecule has 1 aliphatic rings. The molecule has 18 heavy (non-hydrogen) atoms. The minimum absolute atomic E-state index is 0.0737. The molecule has 100 valence electrons. The summed E-state index contributed by atoms with van der Waals surface area (Å²) in [7, 11) is 0. The highest BCUT2D eigenvalue weighted by Crippen LogP contribution is 2.18. The largest absolute Gasteiger partial charge is 0.378 e. The van der Waals surface area contributed by atoms with Crippen molar-refractivity contribution in [3.63, 3.8) is 0 Å². The fraction of sp³-hybridized carbons (Fsp3) is 0.571. The van der Waals surface area contributed by atoms with Crippen LogP contribution in [0.5, 0.6) is 0 Å². The molecule has 4 heteroatoms. The van der Waals surface area contributed by atoms with Crippen LogP contribution < -0.4 is 5.73 Å². The third kappa shape index (κ3) is 4.03. The Morgan fingerprint density at radius 2 is 2.00 bits per heavy atom. The summed E-state index contributed by atoms with van der Waals surface area (Å²) in [5.74, 6) is -1.09. The average molecular weight is 255 g/mol. The quantitative estimate of drug-likeness (QED) is 0.878. The van der Waals surface area contributed by atoms with E-state index in [0.29, 0.717) is 18.1 Å². The molecule has 0 amide bonds. The lowest BCUT2D eigenvalue weighted by Gasteiger charge is -2.14. The summed E-state index contributed by atoms with van der Waals surface area (Å²) < 4.78 is 31.5. The van der Waals surface area contributed by atoms with E-state index in [4.69, 9.17) is 10.5 Å². The number of benzene rings is 1. The van der Waals surface area contributed by atoms with Gasteiger partial charge in [-0.25, -0.2) is 8.78 Å². The Kier molecular flexibility index (Phi) is 4.66. The van der Waals surface area contributed by atoms with Crippen LogP contribution in [0.3, 0.4) is 0 Å². The van der Waals surface area contributed by atoms with Crippen LogP contribution in [0.25, 0.3) is 0 Å². The summed E-state index contributed by atoms with van der Waals surface area (Å²) in [4.78, 5) is 0. The fourth-order valence-corrected chi connectivity index (χ4v) is 2.41. The van der Waals surface area contributed by atoms with Crippen LogP contribution in [0.1, 0.15) is 31.2 Å². The molecule has 2 atom stereocenters. The van der Waals surface area contributed by atoms with Crippen molar-refractivity contribution in [3.8, 4) is 0 Å². The highest BCUT2D eigenvalue weighted by Gasteiger charge is 2.16. The zero-order valence-corrected chi connectivity index (χ0v) is 10.4. The Morgan fingerprint density at radius 3 is 2.61 bits per heavy atom. The Morgan fingerprint density at radius 1 is 1.28 bits per heavy atom. The van der Waals surface area contributed by atoms with Crippen LogP contribution in [-0.4, -0.2) is 18.8 Å². The van der Waals surface area contributed by atoms with Crippen molar-refractivity contribution in [1.29, 1.82) is 0 Å². The monoisotopic (exact) mass is 255 g/mol. The molecule has 0 radical (unpaired) electrons. The maximum absolute atomic E-state index is 13.0. The molecule has 0 bridgehead atoms. The van der Waals surface area contributed by atoms with E-state index in [2.05, 4.69) is 0 Å². The topological polar surface area (TPSA) is 35.2 Å². The van der Waals surface area contributed by atoms with Gasteiger partial charge in [-0.15, -0.1) is 0 Å². The van der Waals surface area contributed by atoms with E-state index in [-0.39, 0.29) is 6.04 Å². The van der Waals surface area contributed by atoms with Gasteiger partial charge in [-0.1, -0.05) is 0 Å². The standard InChI is InChI=1S/C14H19F2NO/c15-11-6-10(7-12(16)9-11)8-13(17)3-4-14-2-1-5-18-14/h6-7,9,13-14H,1-5,8,17H2. The van der Waals surface area contributed by atoms with Crippen molar-refractivity contribution < 1.29 is 13.5 Å². The Balaban J connectivity index is 1.80. The van der Waals surface area contributed by atoms with Gasteiger partial charge in [0.25, 0.3) is 0 Å². The molecular weight excluding hydrogens is 236 g/mol. The van der Waals surface area contributed by atoms with Crippen LogP contribution in [-0.2, 0) is 11.2 Å². The van der Waals surface area contributed by atoms with E-state index in [1.165, 1.54) is 12.1 Å². The molecule has 0 saturated carbocycles. The number of hydrogen-bond donors (Lipinski definition) is 1. The van der Waals surface area contributed by atoms with Crippen LogP contribution in [0.4, 0.5) is 8.78 Å². The summed E-state index contributed by atoms with van der Waals surface area (Å²) in [5.41, 5.74) is 6.60. The molecule has 2 N–H and O–H groups in total. The molecule has 2 rings (SSSR count). The van der Waals surface area contributed by atoms with E-state index >= 15 is 0 Å². The molecule has 1 aromatic carbocycles. The number of ether oxygens (including phenoxy) is 1. The van der Waals surface area contributed by atoms with Gasteiger partial charge in [-0.05, 0) is 49.8 Å². The van der Waals surface area contributed by atoms with Gasteiger partial charge in [0.05, 0.1) is 6.10 Å². The normalized spacial score (nSPS) is 21.2.